The number of nitro groups is 1. The Morgan fingerprint density at radius 1 is 1.44 bits per heavy atom. The lowest BCUT2D eigenvalue weighted by Gasteiger charge is -2.08. The van der Waals surface area contributed by atoms with Crippen LogP contribution >= 0.6 is 11.6 Å². The molecule has 0 amide bonds. The molecule has 0 radical (unpaired) electrons. The Bertz CT molecular complexity index is 408. The highest BCUT2D eigenvalue weighted by molar-refractivity contribution is 6.17. The molecule has 88 valence electrons. The standard InChI is InChI=1S/C8H5ClF3NO3/c9-4-16-7-2-1-5(8(10,11)12)3-6(7)13(14)15/h1-3H,4H2. The number of hydrogen-bond donors (Lipinski definition) is 0. The van der Waals surface area contributed by atoms with Gasteiger partial charge in [0, 0.05) is 6.07 Å². The van der Waals surface area contributed by atoms with E-state index in [0.29, 0.717) is 12.1 Å². The largest absolute Gasteiger partial charge is 0.471 e. The Morgan fingerprint density at radius 2 is 2.06 bits per heavy atom. The number of hydrogen-bond acceptors (Lipinski definition) is 3. The number of halogens is 4. The van der Waals surface area contributed by atoms with Crippen molar-refractivity contribution in [3.63, 3.8) is 0 Å². The molecular formula is C8H5ClF3NO3. The lowest BCUT2D eigenvalue weighted by Crippen LogP contribution is -2.06. The van der Waals surface area contributed by atoms with E-state index in [0.717, 1.165) is 6.07 Å². The Kier molecular flexibility index (Phi) is 3.58. The summed E-state index contributed by atoms with van der Waals surface area (Å²) in [5.41, 5.74) is -1.88. The monoisotopic (exact) mass is 255 g/mol. The quantitative estimate of drug-likeness (QED) is 0.473. The van der Waals surface area contributed by atoms with Crippen LogP contribution in [-0.2, 0) is 6.18 Å². The SMILES string of the molecule is O=[N+]([O-])c1cc(C(F)(F)F)ccc1OCCl. The van der Waals surface area contributed by atoms with E-state index in [4.69, 9.17) is 11.6 Å². The third-order valence-corrected chi connectivity index (χ3v) is 1.80. The Morgan fingerprint density at radius 3 is 2.50 bits per heavy atom. The lowest BCUT2D eigenvalue weighted by atomic mass is 10.2. The summed E-state index contributed by atoms with van der Waals surface area (Å²) in [6.07, 6.45) is -4.63. The van der Waals surface area contributed by atoms with Crippen LogP contribution < -0.4 is 4.74 Å². The van der Waals surface area contributed by atoms with Crippen molar-refractivity contribution >= 4 is 17.3 Å². The molecule has 0 N–H and O–H groups in total. The van der Waals surface area contributed by atoms with E-state index in [1.165, 1.54) is 0 Å². The average Bonchev–Trinajstić information content (AvgIpc) is 2.16. The van der Waals surface area contributed by atoms with Crippen LogP contribution in [0.15, 0.2) is 18.2 Å². The van der Waals surface area contributed by atoms with Crippen LogP contribution in [0.3, 0.4) is 0 Å². The van der Waals surface area contributed by atoms with Gasteiger partial charge in [0.25, 0.3) is 0 Å². The molecule has 0 aliphatic rings. The Hall–Kier alpha value is -1.50. The summed E-state index contributed by atoms with van der Waals surface area (Å²) in [4.78, 5) is 9.53. The Balaban J connectivity index is 3.23. The van der Waals surface area contributed by atoms with Gasteiger partial charge in [-0.15, -0.1) is 0 Å². The molecule has 1 aromatic rings. The zero-order valence-corrected chi connectivity index (χ0v) is 8.38. The smallest absolute Gasteiger partial charge is 0.416 e. The summed E-state index contributed by atoms with van der Waals surface area (Å²) >= 11 is 5.18. The second-order valence-electron chi connectivity index (χ2n) is 2.69. The lowest BCUT2D eigenvalue weighted by molar-refractivity contribution is -0.386. The fourth-order valence-corrected chi connectivity index (χ4v) is 1.13. The normalized spacial score (nSPS) is 11.2. The number of alkyl halides is 4. The maximum Gasteiger partial charge on any atom is 0.416 e. The van der Waals surface area contributed by atoms with Gasteiger partial charge >= 0.3 is 11.9 Å². The van der Waals surface area contributed by atoms with Crippen molar-refractivity contribution in [1.82, 2.24) is 0 Å². The molecule has 0 spiro atoms. The Labute approximate surface area is 92.7 Å². The first kappa shape index (κ1) is 12.6. The predicted molar refractivity (Wildman–Crippen MR) is 49.4 cm³/mol. The second-order valence-corrected chi connectivity index (χ2v) is 2.91. The summed E-state index contributed by atoms with van der Waals surface area (Å²) in [5, 5.41) is 10.5. The molecule has 0 fully saturated rings. The summed E-state index contributed by atoms with van der Waals surface area (Å²) in [6.45, 7) is 0. The van der Waals surface area contributed by atoms with E-state index in [9.17, 15) is 23.3 Å². The number of nitrogens with zero attached hydrogens (tertiary/aromatic N) is 1. The molecule has 16 heavy (non-hydrogen) atoms. The van der Waals surface area contributed by atoms with Gasteiger partial charge < -0.3 is 4.74 Å². The van der Waals surface area contributed by atoms with Gasteiger partial charge in [-0.2, -0.15) is 13.2 Å². The van der Waals surface area contributed by atoms with Crippen LogP contribution in [-0.4, -0.2) is 11.0 Å². The zero-order valence-electron chi connectivity index (χ0n) is 7.62. The molecule has 1 rings (SSSR count). The summed E-state index contributed by atoms with van der Waals surface area (Å²) < 4.78 is 41.4. The molecule has 4 nitrogen and oxygen atoms in total. The van der Waals surface area contributed by atoms with Gasteiger partial charge in [0.2, 0.25) is 0 Å². The molecular weight excluding hydrogens is 251 g/mol. The first-order valence-electron chi connectivity index (χ1n) is 3.90. The minimum atomic E-state index is -4.63. The van der Waals surface area contributed by atoms with Crippen LogP contribution in [0, 0.1) is 10.1 Å². The van der Waals surface area contributed by atoms with Crippen LogP contribution in [0.4, 0.5) is 18.9 Å². The van der Waals surface area contributed by atoms with Crippen molar-refractivity contribution in [2.45, 2.75) is 6.18 Å². The van der Waals surface area contributed by atoms with E-state index in [-0.39, 0.29) is 11.8 Å². The fourth-order valence-electron chi connectivity index (χ4n) is 1.02. The maximum absolute atomic E-state index is 12.3. The zero-order chi connectivity index (χ0) is 12.3. The second kappa shape index (κ2) is 4.56. The molecule has 0 aliphatic carbocycles. The highest BCUT2D eigenvalue weighted by Gasteiger charge is 2.33. The van der Waals surface area contributed by atoms with Crippen molar-refractivity contribution in [1.29, 1.82) is 0 Å². The summed E-state index contributed by atoms with van der Waals surface area (Å²) in [5.74, 6) is -0.298. The highest BCUT2D eigenvalue weighted by Crippen LogP contribution is 2.35. The third-order valence-electron chi connectivity index (χ3n) is 1.69. The molecule has 0 atom stereocenters. The molecule has 0 saturated heterocycles. The first-order chi connectivity index (χ1) is 7.36. The summed E-state index contributed by atoms with van der Waals surface area (Å²) in [7, 11) is 0. The van der Waals surface area contributed by atoms with Crippen LogP contribution in [0.5, 0.6) is 5.75 Å². The van der Waals surface area contributed by atoms with Gasteiger partial charge in [0.05, 0.1) is 10.5 Å². The number of ether oxygens (including phenoxy) is 1. The highest BCUT2D eigenvalue weighted by atomic mass is 35.5. The molecule has 8 heteroatoms. The minimum Gasteiger partial charge on any atom is -0.471 e. The summed E-state index contributed by atoms with van der Waals surface area (Å²) in [6, 6.07) is 1.58. The molecule has 0 aliphatic heterocycles. The van der Waals surface area contributed by atoms with Crippen LogP contribution in [0.25, 0.3) is 0 Å². The van der Waals surface area contributed by atoms with E-state index < -0.39 is 22.4 Å². The molecule has 0 bridgehead atoms. The minimum absolute atomic E-state index is 0.298. The van der Waals surface area contributed by atoms with Crippen LogP contribution in [0.1, 0.15) is 5.56 Å². The molecule has 1 aromatic carbocycles. The maximum atomic E-state index is 12.3. The van der Waals surface area contributed by atoms with Gasteiger partial charge in [0.1, 0.15) is 0 Å². The molecule has 0 unspecified atom stereocenters. The molecule has 0 heterocycles. The van der Waals surface area contributed by atoms with Crippen molar-refractivity contribution in [3.05, 3.63) is 33.9 Å². The van der Waals surface area contributed by atoms with Crippen molar-refractivity contribution in [2.24, 2.45) is 0 Å². The van der Waals surface area contributed by atoms with Gasteiger partial charge in [0.15, 0.2) is 11.8 Å². The van der Waals surface area contributed by atoms with E-state index in [1.807, 2.05) is 0 Å². The topological polar surface area (TPSA) is 52.4 Å². The average molecular weight is 256 g/mol. The van der Waals surface area contributed by atoms with Crippen molar-refractivity contribution in [3.8, 4) is 5.75 Å². The van der Waals surface area contributed by atoms with E-state index in [2.05, 4.69) is 4.74 Å². The van der Waals surface area contributed by atoms with E-state index >= 15 is 0 Å². The fraction of sp³-hybridized carbons (Fsp3) is 0.250. The van der Waals surface area contributed by atoms with Gasteiger partial charge in [-0.3, -0.25) is 10.1 Å². The van der Waals surface area contributed by atoms with Crippen LogP contribution in [0.2, 0.25) is 0 Å². The first-order valence-corrected chi connectivity index (χ1v) is 4.44. The predicted octanol–water partition coefficient (Wildman–Crippen LogP) is 3.19. The van der Waals surface area contributed by atoms with E-state index in [1.54, 1.807) is 0 Å². The van der Waals surface area contributed by atoms with Gasteiger partial charge in [-0.1, -0.05) is 11.6 Å². The van der Waals surface area contributed by atoms with Crippen molar-refractivity contribution < 1.29 is 22.8 Å². The number of rotatable bonds is 3. The number of benzene rings is 1. The third kappa shape index (κ3) is 2.75. The number of nitro benzene ring substituents is 1. The molecule has 0 aromatic heterocycles. The van der Waals surface area contributed by atoms with Crippen molar-refractivity contribution in [2.75, 3.05) is 6.07 Å². The van der Waals surface area contributed by atoms with Gasteiger partial charge in [-0.05, 0) is 12.1 Å². The molecule has 0 saturated carbocycles. The van der Waals surface area contributed by atoms with Gasteiger partial charge in [-0.25, -0.2) is 0 Å².